The van der Waals surface area contributed by atoms with Gasteiger partial charge in [0.05, 0.1) is 13.7 Å². The minimum Gasteiger partial charge on any atom is -0.497 e. The number of methoxy groups -OCH3 is 1. The normalized spacial score (nSPS) is 13.9. The van der Waals surface area contributed by atoms with Crippen molar-refractivity contribution in [2.75, 3.05) is 44.0 Å². The van der Waals surface area contributed by atoms with Crippen LogP contribution in [0.2, 0.25) is 0 Å². The summed E-state index contributed by atoms with van der Waals surface area (Å²) in [6.45, 7) is 5.33. The lowest BCUT2D eigenvalue weighted by atomic mass is 10.1. The number of carbonyl (C=O) groups excluding carboxylic acids is 1. The first-order chi connectivity index (χ1) is 13.0. The summed E-state index contributed by atoms with van der Waals surface area (Å²) in [5.74, 6) is 0.830. The fourth-order valence-electron chi connectivity index (χ4n) is 3.53. The minimum atomic E-state index is -0.00239. The SMILES string of the molecule is COc1cccc(CN(C)CC(=O)Nc2ccc(N3CCCC3)cc2C)c1. The van der Waals surface area contributed by atoms with E-state index >= 15 is 0 Å². The number of nitrogens with zero attached hydrogens (tertiary/aromatic N) is 2. The maximum absolute atomic E-state index is 12.4. The molecule has 144 valence electrons. The Hall–Kier alpha value is -2.53. The van der Waals surface area contributed by atoms with Gasteiger partial charge in [0.15, 0.2) is 0 Å². The van der Waals surface area contributed by atoms with Gasteiger partial charge < -0.3 is 15.0 Å². The molecule has 1 amide bonds. The van der Waals surface area contributed by atoms with Crippen LogP contribution in [0.3, 0.4) is 0 Å². The van der Waals surface area contributed by atoms with Crippen molar-refractivity contribution in [2.24, 2.45) is 0 Å². The van der Waals surface area contributed by atoms with E-state index in [-0.39, 0.29) is 5.91 Å². The van der Waals surface area contributed by atoms with Crippen molar-refractivity contribution in [1.29, 1.82) is 0 Å². The van der Waals surface area contributed by atoms with Crippen LogP contribution in [0, 0.1) is 6.92 Å². The summed E-state index contributed by atoms with van der Waals surface area (Å²) >= 11 is 0. The zero-order chi connectivity index (χ0) is 19.2. The Morgan fingerprint density at radius 3 is 2.67 bits per heavy atom. The van der Waals surface area contributed by atoms with Gasteiger partial charge in [-0.05, 0) is 68.3 Å². The Morgan fingerprint density at radius 1 is 1.19 bits per heavy atom. The summed E-state index contributed by atoms with van der Waals surface area (Å²) < 4.78 is 5.25. The maximum atomic E-state index is 12.4. The van der Waals surface area contributed by atoms with Crippen molar-refractivity contribution >= 4 is 17.3 Å². The van der Waals surface area contributed by atoms with E-state index in [1.165, 1.54) is 18.5 Å². The quantitative estimate of drug-likeness (QED) is 0.811. The monoisotopic (exact) mass is 367 g/mol. The zero-order valence-electron chi connectivity index (χ0n) is 16.5. The van der Waals surface area contributed by atoms with Gasteiger partial charge in [0.25, 0.3) is 0 Å². The lowest BCUT2D eigenvalue weighted by Gasteiger charge is -2.20. The molecular formula is C22H29N3O2. The van der Waals surface area contributed by atoms with E-state index in [1.54, 1.807) is 7.11 Å². The average molecular weight is 367 g/mol. The van der Waals surface area contributed by atoms with Crippen LogP contribution in [0.5, 0.6) is 5.75 Å². The van der Waals surface area contributed by atoms with E-state index in [1.807, 2.05) is 42.3 Å². The highest BCUT2D eigenvalue weighted by Crippen LogP contribution is 2.25. The van der Waals surface area contributed by atoms with Crippen molar-refractivity contribution in [3.05, 3.63) is 53.6 Å². The number of hydrogen-bond donors (Lipinski definition) is 1. The number of likely N-dealkylation sites (N-methyl/N-ethyl adjacent to an activating group) is 1. The van der Waals surface area contributed by atoms with Crippen LogP contribution in [0.1, 0.15) is 24.0 Å². The van der Waals surface area contributed by atoms with Crippen LogP contribution in [0.25, 0.3) is 0 Å². The summed E-state index contributed by atoms with van der Waals surface area (Å²) in [5, 5.41) is 3.04. The first-order valence-corrected chi connectivity index (χ1v) is 9.52. The molecule has 0 spiro atoms. The van der Waals surface area contributed by atoms with Crippen molar-refractivity contribution in [3.8, 4) is 5.75 Å². The van der Waals surface area contributed by atoms with Gasteiger partial charge in [0.1, 0.15) is 5.75 Å². The van der Waals surface area contributed by atoms with Crippen molar-refractivity contribution < 1.29 is 9.53 Å². The molecule has 1 heterocycles. The smallest absolute Gasteiger partial charge is 0.238 e. The summed E-state index contributed by atoms with van der Waals surface area (Å²) in [4.78, 5) is 16.8. The van der Waals surface area contributed by atoms with Gasteiger partial charge in [-0.1, -0.05) is 12.1 Å². The number of anilines is 2. The number of rotatable bonds is 7. The lowest BCUT2D eigenvalue weighted by molar-refractivity contribution is -0.117. The molecule has 27 heavy (non-hydrogen) atoms. The molecule has 0 radical (unpaired) electrons. The van der Waals surface area contributed by atoms with Crippen LogP contribution < -0.4 is 15.0 Å². The molecule has 0 bridgehead atoms. The topological polar surface area (TPSA) is 44.8 Å². The molecule has 0 aromatic heterocycles. The highest BCUT2D eigenvalue weighted by Gasteiger charge is 2.14. The molecule has 5 heteroatoms. The fraction of sp³-hybridized carbons (Fsp3) is 0.409. The average Bonchev–Trinajstić information content (AvgIpc) is 3.18. The van der Waals surface area contributed by atoms with Crippen LogP contribution in [0.4, 0.5) is 11.4 Å². The van der Waals surface area contributed by atoms with Crippen molar-refractivity contribution in [1.82, 2.24) is 4.90 Å². The second kappa shape index (κ2) is 8.91. The Kier molecular flexibility index (Phi) is 6.35. The van der Waals surface area contributed by atoms with E-state index in [0.717, 1.165) is 35.7 Å². The number of carbonyl (C=O) groups is 1. The van der Waals surface area contributed by atoms with Crippen LogP contribution >= 0.6 is 0 Å². The van der Waals surface area contributed by atoms with E-state index in [2.05, 4.69) is 29.3 Å². The summed E-state index contributed by atoms with van der Waals surface area (Å²) in [7, 11) is 3.61. The standard InChI is InChI=1S/C22H29N3O2/c1-17-13-19(25-11-4-5-12-25)9-10-21(17)23-22(26)16-24(2)15-18-7-6-8-20(14-18)27-3/h6-10,13-14H,4-5,11-12,15-16H2,1-3H3,(H,23,26). The predicted molar refractivity (Wildman–Crippen MR) is 111 cm³/mol. The highest BCUT2D eigenvalue weighted by atomic mass is 16.5. The predicted octanol–water partition coefficient (Wildman–Crippen LogP) is 3.67. The first kappa shape index (κ1) is 19.2. The molecule has 1 saturated heterocycles. The molecule has 1 N–H and O–H groups in total. The maximum Gasteiger partial charge on any atom is 0.238 e. The molecule has 1 aliphatic heterocycles. The first-order valence-electron chi connectivity index (χ1n) is 9.52. The Morgan fingerprint density at radius 2 is 1.96 bits per heavy atom. The number of ether oxygens (including phenoxy) is 1. The number of amides is 1. The highest BCUT2D eigenvalue weighted by molar-refractivity contribution is 5.93. The molecule has 2 aromatic rings. The van der Waals surface area contributed by atoms with Gasteiger partial charge >= 0.3 is 0 Å². The van der Waals surface area contributed by atoms with E-state index < -0.39 is 0 Å². The van der Waals surface area contributed by atoms with Crippen LogP contribution in [-0.4, -0.2) is 44.6 Å². The molecule has 5 nitrogen and oxygen atoms in total. The molecular weight excluding hydrogens is 338 g/mol. The molecule has 3 rings (SSSR count). The van der Waals surface area contributed by atoms with Gasteiger partial charge in [0, 0.05) is 31.0 Å². The number of nitrogens with one attached hydrogen (secondary N) is 1. The third-order valence-corrected chi connectivity index (χ3v) is 4.96. The van der Waals surface area contributed by atoms with Gasteiger partial charge in [-0.15, -0.1) is 0 Å². The molecule has 1 fully saturated rings. The molecule has 0 saturated carbocycles. The second-order valence-electron chi connectivity index (χ2n) is 7.27. The van der Waals surface area contributed by atoms with Crippen LogP contribution in [0.15, 0.2) is 42.5 Å². The lowest BCUT2D eigenvalue weighted by Crippen LogP contribution is -2.30. The summed E-state index contributed by atoms with van der Waals surface area (Å²) in [6, 6.07) is 14.2. The number of aryl methyl sites for hydroxylation is 1. The van der Waals surface area contributed by atoms with E-state index in [0.29, 0.717) is 13.1 Å². The van der Waals surface area contributed by atoms with Crippen molar-refractivity contribution in [2.45, 2.75) is 26.3 Å². The van der Waals surface area contributed by atoms with Gasteiger partial charge in [-0.3, -0.25) is 9.69 Å². The zero-order valence-corrected chi connectivity index (χ0v) is 16.5. The number of hydrogen-bond acceptors (Lipinski definition) is 4. The Bertz CT molecular complexity index is 785. The fourth-order valence-corrected chi connectivity index (χ4v) is 3.53. The molecule has 0 aliphatic carbocycles. The molecule has 0 atom stereocenters. The summed E-state index contributed by atoms with van der Waals surface area (Å²) in [6.07, 6.45) is 2.52. The van der Waals surface area contributed by atoms with Gasteiger partial charge in [-0.25, -0.2) is 0 Å². The second-order valence-corrected chi connectivity index (χ2v) is 7.27. The van der Waals surface area contributed by atoms with Crippen LogP contribution in [-0.2, 0) is 11.3 Å². The van der Waals surface area contributed by atoms with E-state index in [9.17, 15) is 4.79 Å². The number of benzene rings is 2. The van der Waals surface area contributed by atoms with E-state index in [4.69, 9.17) is 4.74 Å². The minimum absolute atomic E-state index is 0.00239. The molecule has 1 aliphatic rings. The largest absolute Gasteiger partial charge is 0.497 e. The molecule has 0 unspecified atom stereocenters. The molecule has 2 aromatic carbocycles. The Balaban J connectivity index is 1.55. The third kappa shape index (κ3) is 5.23. The van der Waals surface area contributed by atoms with Gasteiger partial charge in [-0.2, -0.15) is 0 Å². The third-order valence-electron chi connectivity index (χ3n) is 4.96. The van der Waals surface area contributed by atoms with Crippen molar-refractivity contribution in [3.63, 3.8) is 0 Å². The summed E-state index contributed by atoms with van der Waals surface area (Å²) in [5.41, 5.74) is 4.36. The van der Waals surface area contributed by atoms with Gasteiger partial charge in [0.2, 0.25) is 5.91 Å². The Labute approximate surface area is 161 Å².